The normalized spacial score (nSPS) is 23.5. The van der Waals surface area contributed by atoms with E-state index in [1.807, 2.05) is 24.7 Å². The van der Waals surface area contributed by atoms with Crippen molar-refractivity contribution in [2.75, 3.05) is 0 Å². The Bertz CT molecular complexity index is 245. The van der Waals surface area contributed by atoms with Gasteiger partial charge in [0.15, 0.2) is 0 Å². The fraction of sp³-hybridized carbons (Fsp3) is 0.455. The van der Waals surface area contributed by atoms with Crippen LogP contribution in [0.3, 0.4) is 0 Å². The maximum Gasteiger partial charge on any atom is 0.0466 e. The summed E-state index contributed by atoms with van der Waals surface area (Å²) in [6.45, 7) is 0. The molecule has 1 saturated carbocycles. The summed E-state index contributed by atoms with van der Waals surface area (Å²) >= 11 is 0. The molecule has 2 rings (SSSR count). The van der Waals surface area contributed by atoms with Crippen molar-refractivity contribution in [2.24, 2.45) is 4.99 Å². The molecule has 2 aliphatic rings. The van der Waals surface area contributed by atoms with Crippen LogP contribution in [-0.4, -0.2) is 6.21 Å². The quantitative estimate of drug-likeness (QED) is 0.650. The van der Waals surface area contributed by atoms with Crippen molar-refractivity contribution in [3.8, 4) is 0 Å². The topological polar surface area (TPSA) is 24.4 Å². The third kappa shape index (κ3) is 2.20. The number of allylic oxidation sites excluding steroid dienone is 2. The zero-order valence-electron chi connectivity index (χ0n) is 7.79. The largest absolute Gasteiger partial charge is 0.363 e. The lowest BCUT2D eigenvalue weighted by atomic mass is 9.87. The number of hydrogen-bond acceptors (Lipinski definition) is 2. The van der Waals surface area contributed by atoms with Crippen LogP contribution >= 0.6 is 0 Å². The number of nitrogens with one attached hydrogen (secondary N) is 1. The molecule has 1 heterocycles. The molecule has 1 aliphatic carbocycles. The molecular formula is C11H15N2. The molecule has 0 unspecified atom stereocenters. The van der Waals surface area contributed by atoms with Crippen LogP contribution < -0.4 is 5.32 Å². The van der Waals surface area contributed by atoms with Crippen molar-refractivity contribution in [3.63, 3.8) is 0 Å². The molecule has 0 aromatic carbocycles. The van der Waals surface area contributed by atoms with Gasteiger partial charge in [0.25, 0.3) is 0 Å². The van der Waals surface area contributed by atoms with E-state index >= 15 is 0 Å². The summed E-state index contributed by atoms with van der Waals surface area (Å²) in [6.07, 6.45) is 14.1. The summed E-state index contributed by atoms with van der Waals surface area (Å²) in [5, 5.41) is 3.27. The third-order valence-corrected chi connectivity index (χ3v) is 2.55. The summed E-state index contributed by atoms with van der Waals surface area (Å²) in [6, 6.07) is 0. The number of hydrogen-bond donors (Lipinski definition) is 1. The molecule has 0 aromatic heterocycles. The lowest BCUT2D eigenvalue weighted by Crippen LogP contribution is -2.15. The van der Waals surface area contributed by atoms with Gasteiger partial charge >= 0.3 is 0 Å². The first-order chi connectivity index (χ1) is 6.47. The van der Waals surface area contributed by atoms with Gasteiger partial charge in [0.05, 0.1) is 0 Å². The predicted molar refractivity (Wildman–Crippen MR) is 55.2 cm³/mol. The minimum absolute atomic E-state index is 1.21. The van der Waals surface area contributed by atoms with Crippen LogP contribution in [-0.2, 0) is 0 Å². The van der Waals surface area contributed by atoms with Crippen LogP contribution in [0.15, 0.2) is 29.2 Å². The molecule has 0 bridgehead atoms. The average molecular weight is 175 g/mol. The SMILES string of the molecule is C1=CNC([C]2CCCCC2)=CN=C1. The Morgan fingerprint density at radius 1 is 1.15 bits per heavy atom. The first kappa shape index (κ1) is 8.54. The molecule has 0 aromatic rings. The zero-order chi connectivity index (χ0) is 8.93. The summed E-state index contributed by atoms with van der Waals surface area (Å²) in [5.74, 6) is 1.54. The van der Waals surface area contributed by atoms with Crippen molar-refractivity contribution in [2.45, 2.75) is 32.1 Å². The van der Waals surface area contributed by atoms with Crippen LogP contribution in [0, 0.1) is 5.92 Å². The second-order valence-electron chi connectivity index (χ2n) is 3.51. The van der Waals surface area contributed by atoms with Gasteiger partial charge in [0.2, 0.25) is 0 Å². The summed E-state index contributed by atoms with van der Waals surface area (Å²) in [4.78, 5) is 4.17. The van der Waals surface area contributed by atoms with Gasteiger partial charge in [-0.1, -0.05) is 19.3 Å². The van der Waals surface area contributed by atoms with E-state index in [2.05, 4.69) is 10.3 Å². The average Bonchev–Trinajstić information content (AvgIpc) is 2.47. The van der Waals surface area contributed by atoms with E-state index in [0.717, 1.165) is 0 Å². The zero-order valence-corrected chi connectivity index (χ0v) is 7.79. The smallest absolute Gasteiger partial charge is 0.0466 e. The van der Waals surface area contributed by atoms with Gasteiger partial charge in [-0.3, -0.25) is 4.99 Å². The van der Waals surface area contributed by atoms with E-state index in [4.69, 9.17) is 0 Å². The Morgan fingerprint density at radius 2 is 2.00 bits per heavy atom. The predicted octanol–water partition coefficient (Wildman–Crippen LogP) is 2.55. The molecular weight excluding hydrogens is 160 g/mol. The maximum absolute atomic E-state index is 4.17. The molecule has 0 amide bonds. The van der Waals surface area contributed by atoms with E-state index in [-0.39, 0.29) is 0 Å². The van der Waals surface area contributed by atoms with Crippen LogP contribution in [0.4, 0.5) is 0 Å². The van der Waals surface area contributed by atoms with Crippen LogP contribution in [0.2, 0.25) is 0 Å². The van der Waals surface area contributed by atoms with Crippen LogP contribution in [0.25, 0.3) is 0 Å². The summed E-state index contributed by atoms with van der Waals surface area (Å²) in [7, 11) is 0. The van der Waals surface area contributed by atoms with Gasteiger partial charge in [0, 0.05) is 30.2 Å². The Balaban J connectivity index is 2.01. The fourth-order valence-electron chi connectivity index (χ4n) is 1.83. The fourth-order valence-corrected chi connectivity index (χ4v) is 1.83. The van der Waals surface area contributed by atoms with E-state index in [1.165, 1.54) is 43.7 Å². The number of aliphatic imine (C=N–C) groups is 1. The van der Waals surface area contributed by atoms with E-state index in [1.54, 1.807) is 0 Å². The summed E-state index contributed by atoms with van der Waals surface area (Å²) < 4.78 is 0. The third-order valence-electron chi connectivity index (χ3n) is 2.55. The molecule has 13 heavy (non-hydrogen) atoms. The standard InChI is InChI=1S/C11H15N2/c1-2-5-10(6-3-1)11-9-12-7-4-8-13-11/h4,7-9,13H,1-3,5-6H2. The van der Waals surface area contributed by atoms with Gasteiger partial charge in [-0.2, -0.15) is 0 Å². The lowest BCUT2D eigenvalue weighted by molar-refractivity contribution is 0.539. The Kier molecular flexibility index (Phi) is 2.80. The van der Waals surface area contributed by atoms with Crippen molar-refractivity contribution < 1.29 is 0 Å². The van der Waals surface area contributed by atoms with Gasteiger partial charge < -0.3 is 5.32 Å². The molecule has 1 aliphatic heterocycles. The second-order valence-corrected chi connectivity index (χ2v) is 3.51. The van der Waals surface area contributed by atoms with Crippen molar-refractivity contribution in [1.82, 2.24) is 5.32 Å². The van der Waals surface area contributed by atoms with Gasteiger partial charge in [-0.25, -0.2) is 0 Å². The monoisotopic (exact) mass is 175 g/mol. The molecule has 0 spiro atoms. The van der Waals surface area contributed by atoms with Crippen molar-refractivity contribution in [1.29, 1.82) is 0 Å². The molecule has 0 saturated heterocycles. The molecule has 69 valence electrons. The molecule has 2 nitrogen and oxygen atoms in total. The molecule has 1 fully saturated rings. The number of nitrogens with zero attached hydrogens (tertiary/aromatic N) is 1. The van der Waals surface area contributed by atoms with E-state index < -0.39 is 0 Å². The Morgan fingerprint density at radius 3 is 2.85 bits per heavy atom. The first-order valence-corrected chi connectivity index (χ1v) is 4.97. The van der Waals surface area contributed by atoms with Gasteiger partial charge in [0.1, 0.15) is 0 Å². The van der Waals surface area contributed by atoms with Crippen molar-refractivity contribution >= 4 is 6.21 Å². The Labute approximate surface area is 79.4 Å². The van der Waals surface area contributed by atoms with E-state index in [0.29, 0.717) is 0 Å². The molecule has 1 radical (unpaired) electrons. The van der Waals surface area contributed by atoms with Crippen LogP contribution in [0.1, 0.15) is 32.1 Å². The van der Waals surface area contributed by atoms with Gasteiger partial charge in [-0.05, 0) is 18.9 Å². The van der Waals surface area contributed by atoms with Crippen LogP contribution in [0.5, 0.6) is 0 Å². The Hall–Kier alpha value is -1.05. The number of rotatable bonds is 1. The highest BCUT2D eigenvalue weighted by Crippen LogP contribution is 2.30. The lowest BCUT2D eigenvalue weighted by Gasteiger charge is -2.22. The first-order valence-electron chi connectivity index (χ1n) is 4.97. The van der Waals surface area contributed by atoms with Gasteiger partial charge in [-0.15, -0.1) is 0 Å². The summed E-state index contributed by atoms with van der Waals surface area (Å²) in [5.41, 5.74) is 1.21. The van der Waals surface area contributed by atoms with Crippen molar-refractivity contribution in [3.05, 3.63) is 30.1 Å². The molecule has 1 N–H and O–H groups in total. The maximum atomic E-state index is 4.17. The minimum Gasteiger partial charge on any atom is -0.363 e. The minimum atomic E-state index is 1.21. The van der Waals surface area contributed by atoms with E-state index in [9.17, 15) is 0 Å². The molecule has 2 heteroatoms. The highest BCUT2D eigenvalue weighted by molar-refractivity contribution is 5.72. The second kappa shape index (κ2) is 4.26. The molecule has 0 atom stereocenters. The highest BCUT2D eigenvalue weighted by atomic mass is 14.9. The highest BCUT2D eigenvalue weighted by Gasteiger charge is 2.17.